The van der Waals surface area contributed by atoms with Gasteiger partial charge in [0.25, 0.3) is 0 Å². The van der Waals surface area contributed by atoms with Gasteiger partial charge in [0.2, 0.25) is 0 Å². The van der Waals surface area contributed by atoms with Crippen molar-refractivity contribution < 1.29 is 5.11 Å². The molecule has 0 aliphatic carbocycles. The largest absolute Gasteiger partial charge is 0.392 e. The minimum Gasteiger partial charge on any atom is -0.392 e. The zero-order valence-corrected chi connectivity index (χ0v) is 11.6. The molecule has 0 amide bonds. The first-order chi connectivity index (χ1) is 9.11. The zero-order chi connectivity index (χ0) is 13.8. The van der Waals surface area contributed by atoms with Crippen LogP contribution >= 0.6 is 0 Å². The fourth-order valence-corrected chi connectivity index (χ4v) is 2.19. The molecule has 19 heavy (non-hydrogen) atoms. The average molecular weight is 257 g/mol. The van der Waals surface area contributed by atoms with Crippen LogP contribution in [-0.2, 0) is 13.2 Å². The highest BCUT2D eigenvalue weighted by atomic mass is 16.3. The summed E-state index contributed by atoms with van der Waals surface area (Å²) in [7, 11) is 1.99. The maximum atomic E-state index is 9.53. The molecule has 1 N–H and O–H groups in total. The Morgan fingerprint density at radius 2 is 1.89 bits per heavy atom. The fraction of sp³-hybridized carbons (Fsp3) is 0.333. The summed E-state index contributed by atoms with van der Waals surface area (Å²) in [4.78, 5) is 10.6. The van der Waals surface area contributed by atoms with Gasteiger partial charge < -0.3 is 10.0 Å². The Labute approximate surface area is 113 Å². The maximum absolute atomic E-state index is 9.53. The van der Waals surface area contributed by atoms with Crippen LogP contribution < -0.4 is 4.90 Å². The smallest absolute Gasteiger partial charge is 0.134 e. The molecule has 0 saturated carbocycles. The molecule has 2 rings (SSSR count). The molecule has 2 aromatic heterocycles. The summed E-state index contributed by atoms with van der Waals surface area (Å²) in [5.74, 6) is 0.844. The normalized spacial score (nSPS) is 10.5. The van der Waals surface area contributed by atoms with Crippen molar-refractivity contribution in [2.24, 2.45) is 0 Å². The molecule has 0 unspecified atom stereocenters. The van der Waals surface area contributed by atoms with Crippen LogP contribution in [-0.4, -0.2) is 22.1 Å². The Balaban J connectivity index is 2.30. The minimum atomic E-state index is 0.00906. The van der Waals surface area contributed by atoms with Crippen molar-refractivity contribution in [3.63, 3.8) is 0 Å². The number of hydrogen-bond acceptors (Lipinski definition) is 4. The Morgan fingerprint density at radius 3 is 2.53 bits per heavy atom. The van der Waals surface area contributed by atoms with Gasteiger partial charge in [0.1, 0.15) is 5.82 Å². The summed E-state index contributed by atoms with van der Waals surface area (Å²) < 4.78 is 0. The van der Waals surface area contributed by atoms with Crippen LogP contribution in [0.5, 0.6) is 0 Å². The van der Waals surface area contributed by atoms with Crippen molar-refractivity contribution in [2.75, 3.05) is 11.9 Å². The van der Waals surface area contributed by atoms with Gasteiger partial charge in [0.15, 0.2) is 0 Å². The van der Waals surface area contributed by atoms with E-state index in [0.29, 0.717) is 0 Å². The van der Waals surface area contributed by atoms with E-state index in [1.807, 2.05) is 39.1 Å². The third kappa shape index (κ3) is 3.09. The highest BCUT2D eigenvalue weighted by Gasteiger charge is 2.12. The summed E-state index contributed by atoms with van der Waals surface area (Å²) in [6.45, 7) is 4.72. The molecule has 2 aromatic rings. The van der Waals surface area contributed by atoms with E-state index in [2.05, 4.69) is 14.9 Å². The van der Waals surface area contributed by atoms with E-state index in [1.165, 1.54) is 5.56 Å². The summed E-state index contributed by atoms with van der Waals surface area (Å²) in [5.41, 5.74) is 4.10. The number of aryl methyl sites for hydroxylation is 2. The van der Waals surface area contributed by atoms with Crippen molar-refractivity contribution in [3.8, 4) is 0 Å². The number of anilines is 1. The summed E-state index contributed by atoms with van der Waals surface area (Å²) in [5, 5.41) is 9.53. The van der Waals surface area contributed by atoms with Gasteiger partial charge in [0.05, 0.1) is 6.61 Å². The number of hydrogen-bond donors (Lipinski definition) is 1. The predicted molar refractivity (Wildman–Crippen MR) is 76.0 cm³/mol. The molecule has 0 aromatic carbocycles. The van der Waals surface area contributed by atoms with Gasteiger partial charge in [0, 0.05) is 37.2 Å². The molecule has 0 saturated heterocycles. The lowest BCUT2D eigenvalue weighted by Crippen LogP contribution is -2.20. The van der Waals surface area contributed by atoms with Crippen LogP contribution in [0.15, 0.2) is 30.6 Å². The van der Waals surface area contributed by atoms with E-state index in [4.69, 9.17) is 0 Å². The van der Waals surface area contributed by atoms with Crippen LogP contribution in [0.25, 0.3) is 0 Å². The van der Waals surface area contributed by atoms with Crippen LogP contribution in [0.1, 0.15) is 22.4 Å². The number of aliphatic hydroxyl groups excluding tert-OH is 1. The van der Waals surface area contributed by atoms with Crippen LogP contribution in [0.2, 0.25) is 0 Å². The molecule has 4 heteroatoms. The summed E-state index contributed by atoms with van der Waals surface area (Å²) >= 11 is 0. The lowest BCUT2D eigenvalue weighted by atomic mass is 10.1. The van der Waals surface area contributed by atoms with Crippen molar-refractivity contribution in [1.29, 1.82) is 0 Å². The monoisotopic (exact) mass is 257 g/mol. The van der Waals surface area contributed by atoms with E-state index in [1.54, 1.807) is 12.4 Å². The van der Waals surface area contributed by atoms with E-state index in [0.717, 1.165) is 29.2 Å². The second kappa shape index (κ2) is 5.80. The first-order valence-corrected chi connectivity index (χ1v) is 6.30. The zero-order valence-electron chi connectivity index (χ0n) is 11.6. The Morgan fingerprint density at radius 1 is 1.21 bits per heavy atom. The maximum Gasteiger partial charge on any atom is 0.134 e. The van der Waals surface area contributed by atoms with E-state index in [-0.39, 0.29) is 6.61 Å². The van der Waals surface area contributed by atoms with Crippen molar-refractivity contribution in [1.82, 2.24) is 9.97 Å². The van der Waals surface area contributed by atoms with Gasteiger partial charge in [-0.3, -0.25) is 4.98 Å². The average Bonchev–Trinajstić information content (AvgIpc) is 2.39. The quantitative estimate of drug-likeness (QED) is 0.912. The second-order valence-corrected chi connectivity index (χ2v) is 4.75. The molecule has 0 fully saturated rings. The third-order valence-corrected chi connectivity index (χ3v) is 3.14. The summed E-state index contributed by atoms with van der Waals surface area (Å²) in [6.07, 6.45) is 3.57. The van der Waals surface area contributed by atoms with Gasteiger partial charge >= 0.3 is 0 Å². The number of aromatic nitrogens is 2. The number of nitrogens with zero attached hydrogens (tertiary/aromatic N) is 3. The SMILES string of the molecule is Cc1cc(C)c(CO)c(N(C)Cc2ccncc2)n1. The molecular formula is C15H19N3O. The molecule has 2 heterocycles. The number of rotatable bonds is 4. The highest BCUT2D eigenvalue weighted by Crippen LogP contribution is 2.23. The minimum absolute atomic E-state index is 0.00906. The Bertz CT molecular complexity index is 555. The van der Waals surface area contributed by atoms with Gasteiger partial charge in [-0.25, -0.2) is 4.98 Å². The lowest BCUT2D eigenvalue weighted by Gasteiger charge is -2.22. The second-order valence-electron chi connectivity index (χ2n) is 4.75. The summed E-state index contributed by atoms with van der Waals surface area (Å²) in [6, 6.07) is 5.96. The molecule has 100 valence electrons. The van der Waals surface area contributed by atoms with E-state index >= 15 is 0 Å². The van der Waals surface area contributed by atoms with Gasteiger partial charge in [-0.1, -0.05) is 0 Å². The number of pyridine rings is 2. The number of aliphatic hydroxyl groups is 1. The molecule has 0 atom stereocenters. The molecule has 4 nitrogen and oxygen atoms in total. The Hall–Kier alpha value is -1.94. The molecule has 0 aliphatic heterocycles. The standard InChI is InChI=1S/C15H19N3O/c1-11-8-12(2)17-15(14(11)10-19)18(3)9-13-4-6-16-7-5-13/h4-8,19H,9-10H2,1-3H3. The Kier molecular flexibility index (Phi) is 4.12. The molecule has 0 aliphatic rings. The van der Waals surface area contributed by atoms with Crippen LogP contribution in [0.4, 0.5) is 5.82 Å². The lowest BCUT2D eigenvalue weighted by molar-refractivity contribution is 0.281. The van der Waals surface area contributed by atoms with Crippen molar-refractivity contribution >= 4 is 5.82 Å². The van der Waals surface area contributed by atoms with Crippen LogP contribution in [0.3, 0.4) is 0 Å². The topological polar surface area (TPSA) is 49.2 Å². The molecule has 0 spiro atoms. The van der Waals surface area contributed by atoms with Gasteiger partial charge in [-0.2, -0.15) is 0 Å². The first kappa shape index (κ1) is 13.5. The van der Waals surface area contributed by atoms with Gasteiger partial charge in [-0.15, -0.1) is 0 Å². The van der Waals surface area contributed by atoms with Crippen molar-refractivity contribution in [3.05, 3.63) is 53.0 Å². The van der Waals surface area contributed by atoms with E-state index in [9.17, 15) is 5.11 Å². The fourth-order valence-electron chi connectivity index (χ4n) is 2.19. The predicted octanol–water partition coefficient (Wildman–Crippen LogP) is 2.22. The molecule has 0 bridgehead atoms. The third-order valence-electron chi connectivity index (χ3n) is 3.14. The van der Waals surface area contributed by atoms with E-state index < -0.39 is 0 Å². The highest BCUT2D eigenvalue weighted by molar-refractivity contribution is 5.51. The van der Waals surface area contributed by atoms with Gasteiger partial charge in [-0.05, 0) is 43.2 Å². The molecular weight excluding hydrogens is 238 g/mol. The van der Waals surface area contributed by atoms with Crippen molar-refractivity contribution in [2.45, 2.75) is 27.0 Å². The first-order valence-electron chi connectivity index (χ1n) is 6.30. The van der Waals surface area contributed by atoms with Crippen LogP contribution in [0, 0.1) is 13.8 Å². The molecule has 0 radical (unpaired) electrons.